The minimum Gasteiger partial charge on any atom is -0.490 e. The lowest BCUT2D eigenvalue weighted by Gasteiger charge is -2.22. The third-order valence-electron chi connectivity index (χ3n) is 3.44. The largest absolute Gasteiger partial charge is 0.490 e. The normalized spacial score (nSPS) is 18.1. The fraction of sp³-hybridized carbons (Fsp3) is 0.562. The first-order valence-corrected chi connectivity index (χ1v) is 7.68. The van der Waals surface area contributed by atoms with Crippen molar-refractivity contribution in [1.82, 2.24) is 5.32 Å². The lowest BCUT2D eigenvalue weighted by Crippen LogP contribution is -2.43. The molecule has 21 heavy (non-hydrogen) atoms. The highest BCUT2D eigenvalue weighted by Gasteiger charge is 2.20. The molecule has 1 aromatic rings. The van der Waals surface area contributed by atoms with Gasteiger partial charge in [0.25, 0.3) is 0 Å². The predicted molar refractivity (Wildman–Crippen MR) is 83.1 cm³/mol. The minimum absolute atomic E-state index is 0.0151. The van der Waals surface area contributed by atoms with Crippen LogP contribution in [0.2, 0.25) is 0 Å². The van der Waals surface area contributed by atoms with E-state index in [1.54, 1.807) is 0 Å². The molecule has 1 aromatic carbocycles. The molecule has 116 valence electrons. The van der Waals surface area contributed by atoms with E-state index in [2.05, 4.69) is 10.6 Å². The van der Waals surface area contributed by atoms with Gasteiger partial charge in [-0.25, -0.2) is 0 Å². The number of anilines is 1. The molecule has 0 aromatic heterocycles. The molecule has 1 saturated heterocycles. The maximum atomic E-state index is 12.2. The van der Waals surface area contributed by atoms with Crippen LogP contribution in [0.25, 0.3) is 0 Å². The predicted octanol–water partition coefficient (Wildman–Crippen LogP) is 2.56. The van der Waals surface area contributed by atoms with Crippen LogP contribution in [0, 0.1) is 0 Å². The molecule has 1 fully saturated rings. The average molecular weight is 292 g/mol. The van der Waals surface area contributed by atoms with Crippen molar-refractivity contribution in [2.45, 2.75) is 39.2 Å². The monoisotopic (exact) mass is 292 g/mol. The maximum Gasteiger partial charge on any atom is 0.241 e. The Labute approximate surface area is 126 Å². The molecule has 2 rings (SSSR count). The molecule has 1 atom stereocenters. The van der Waals surface area contributed by atoms with Crippen molar-refractivity contribution in [3.05, 3.63) is 18.2 Å². The van der Waals surface area contributed by atoms with Crippen molar-refractivity contribution in [3.8, 4) is 11.5 Å². The molecule has 1 aliphatic rings. The number of nitrogens with one attached hydrogen (secondary N) is 2. The lowest BCUT2D eigenvalue weighted by atomic mass is 10.0. The van der Waals surface area contributed by atoms with Crippen molar-refractivity contribution in [3.63, 3.8) is 0 Å². The molecule has 1 heterocycles. The van der Waals surface area contributed by atoms with Crippen molar-refractivity contribution >= 4 is 11.6 Å². The fourth-order valence-corrected chi connectivity index (χ4v) is 2.43. The smallest absolute Gasteiger partial charge is 0.241 e. The zero-order chi connectivity index (χ0) is 15.1. The number of piperidine rings is 1. The molecule has 1 aliphatic heterocycles. The van der Waals surface area contributed by atoms with Crippen LogP contribution in [-0.2, 0) is 4.79 Å². The maximum absolute atomic E-state index is 12.2. The summed E-state index contributed by atoms with van der Waals surface area (Å²) in [6, 6.07) is 5.39. The van der Waals surface area contributed by atoms with E-state index in [-0.39, 0.29) is 11.9 Å². The zero-order valence-electron chi connectivity index (χ0n) is 12.8. The minimum atomic E-state index is -0.0964. The topological polar surface area (TPSA) is 59.6 Å². The highest BCUT2D eigenvalue weighted by molar-refractivity contribution is 5.95. The second-order valence-corrected chi connectivity index (χ2v) is 5.02. The molecule has 0 aliphatic carbocycles. The number of hydrogen-bond donors (Lipinski definition) is 2. The van der Waals surface area contributed by atoms with Gasteiger partial charge in [-0.15, -0.1) is 0 Å². The standard InChI is InChI=1S/C16H24N2O3/c1-3-20-14-9-8-12(11-15(14)21-4-2)18-16(19)13-7-5-6-10-17-13/h8-9,11,13,17H,3-7,10H2,1-2H3,(H,18,19)/t13-/m0/s1. The third-order valence-corrected chi connectivity index (χ3v) is 3.44. The Balaban J connectivity index is 2.05. The lowest BCUT2D eigenvalue weighted by molar-refractivity contribution is -0.118. The van der Waals surface area contributed by atoms with Gasteiger partial charge in [0.1, 0.15) is 0 Å². The Hall–Kier alpha value is -1.75. The summed E-state index contributed by atoms with van der Waals surface area (Å²) in [5, 5.41) is 6.19. The molecule has 0 unspecified atom stereocenters. The molecule has 5 heteroatoms. The number of carbonyl (C=O) groups excluding carboxylic acids is 1. The number of rotatable bonds is 6. The van der Waals surface area contributed by atoms with Gasteiger partial charge < -0.3 is 20.1 Å². The highest BCUT2D eigenvalue weighted by Crippen LogP contribution is 2.30. The summed E-state index contributed by atoms with van der Waals surface area (Å²) in [7, 11) is 0. The van der Waals surface area contributed by atoms with E-state index in [9.17, 15) is 4.79 Å². The van der Waals surface area contributed by atoms with Gasteiger partial charge in [0.2, 0.25) is 5.91 Å². The van der Waals surface area contributed by atoms with Crippen LogP contribution in [0.15, 0.2) is 18.2 Å². The first kappa shape index (κ1) is 15.6. The summed E-state index contributed by atoms with van der Waals surface area (Å²) in [6.07, 6.45) is 3.13. The quantitative estimate of drug-likeness (QED) is 0.846. The number of carbonyl (C=O) groups is 1. The van der Waals surface area contributed by atoms with Crippen LogP contribution >= 0.6 is 0 Å². The molecule has 0 spiro atoms. The molecular weight excluding hydrogens is 268 g/mol. The Bertz CT molecular complexity index is 471. The van der Waals surface area contributed by atoms with Crippen molar-refractivity contribution < 1.29 is 14.3 Å². The van der Waals surface area contributed by atoms with Crippen molar-refractivity contribution in [1.29, 1.82) is 0 Å². The Morgan fingerprint density at radius 2 is 2.00 bits per heavy atom. The SMILES string of the molecule is CCOc1ccc(NC(=O)[C@@H]2CCCCN2)cc1OCC. The Morgan fingerprint density at radius 3 is 2.67 bits per heavy atom. The zero-order valence-corrected chi connectivity index (χ0v) is 12.8. The summed E-state index contributed by atoms with van der Waals surface area (Å²) in [5.41, 5.74) is 0.735. The summed E-state index contributed by atoms with van der Waals surface area (Å²) in [6.45, 7) is 5.90. The van der Waals surface area contributed by atoms with Gasteiger partial charge in [-0.3, -0.25) is 4.79 Å². The first-order chi connectivity index (χ1) is 10.2. The van der Waals surface area contributed by atoms with E-state index in [1.807, 2.05) is 32.0 Å². The molecular formula is C16H24N2O3. The molecule has 2 N–H and O–H groups in total. The van der Waals surface area contributed by atoms with Crippen LogP contribution in [-0.4, -0.2) is 31.7 Å². The number of ether oxygens (including phenoxy) is 2. The number of hydrogen-bond acceptors (Lipinski definition) is 4. The molecule has 1 amide bonds. The summed E-state index contributed by atoms with van der Waals surface area (Å²) >= 11 is 0. The van der Waals surface area contributed by atoms with Crippen LogP contribution in [0.4, 0.5) is 5.69 Å². The average Bonchev–Trinajstić information content (AvgIpc) is 2.51. The van der Waals surface area contributed by atoms with Crippen LogP contribution in [0.5, 0.6) is 11.5 Å². The summed E-state index contributed by atoms with van der Waals surface area (Å²) < 4.78 is 11.1. The van der Waals surface area contributed by atoms with Gasteiger partial charge in [0.05, 0.1) is 19.3 Å². The van der Waals surface area contributed by atoms with E-state index in [4.69, 9.17) is 9.47 Å². The van der Waals surface area contributed by atoms with Crippen molar-refractivity contribution in [2.75, 3.05) is 25.1 Å². The van der Waals surface area contributed by atoms with Gasteiger partial charge in [0.15, 0.2) is 11.5 Å². The van der Waals surface area contributed by atoms with E-state index in [0.717, 1.165) is 31.5 Å². The van der Waals surface area contributed by atoms with Crippen molar-refractivity contribution in [2.24, 2.45) is 0 Å². The third kappa shape index (κ3) is 4.36. The molecule has 0 bridgehead atoms. The number of amides is 1. The van der Waals surface area contributed by atoms with Gasteiger partial charge in [-0.2, -0.15) is 0 Å². The molecule has 5 nitrogen and oxygen atoms in total. The fourth-order valence-electron chi connectivity index (χ4n) is 2.43. The molecule has 0 saturated carbocycles. The highest BCUT2D eigenvalue weighted by atomic mass is 16.5. The summed E-state index contributed by atoms with van der Waals surface area (Å²) in [5.74, 6) is 1.38. The van der Waals surface area contributed by atoms with Gasteiger partial charge >= 0.3 is 0 Å². The van der Waals surface area contributed by atoms with Crippen LogP contribution in [0.1, 0.15) is 33.1 Å². The van der Waals surface area contributed by atoms with E-state index in [1.165, 1.54) is 0 Å². The summed E-state index contributed by atoms with van der Waals surface area (Å²) in [4.78, 5) is 12.2. The Kier molecular flexibility index (Phi) is 5.87. The number of benzene rings is 1. The van der Waals surface area contributed by atoms with E-state index >= 15 is 0 Å². The second kappa shape index (κ2) is 7.88. The van der Waals surface area contributed by atoms with Gasteiger partial charge in [0, 0.05) is 11.8 Å². The molecule has 0 radical (unpaired) electrons. The van der Waals surface area contributed by atoms with Gasteiger partial charge in [-0.05, 0) is 45.4 Å². The van der Waals surface area contributed by atoms with Crippen LogP contribution < -0.4 is 20.1 Å². The van der Waals surface area contributed by atoms with Gasteiger partial charge in [-0.1, -0.05) is 6.42 Å². The second-order valence-electron chi connectivity index (χ2n) is 5.02. The van der Waals surface area contributed by atoms with E-state index < -0.39 is 0 Å². The van der Waals surface area contributed by atoms with Crippen LogP contribution in [0.3, 0.4) is 0 Å². The first-order valence-electron chi connectivity index (χ1n) is 7.68. The van der Waals surface area contributed by atoms with E-state index in [0.29, 0.717) is 24.7 Å². The Morgan fingerprint density at radius 1 is 1.24 bits per heavy atom.